The van der Waals surface area contributed by atoms with Crippen LogP contribution in [0.3, 0.4) is 0 Å². The fraction of sp³-hybridized carbons (Fsp3) is 0.655. The molecular formula is C29H46N6O4. The molecule has 2 aromatic rings. The van der Waals surface area contributed by atoms with Crippen molar-refractivity contribution in [1.82, 2.24) is 25.8 Å². The minimum Gasteiger partial charge on any atom is -0.465 e. The van der Waals surface area contributed by atoms with E-state index in [4.69, 9.17) is 9.47 Å². The molecule has 3 N–H and O–H groups in total. The van der Waals surface area contributed by atoms with Crippen LogP contribution in [0.4, 0.5) is 10.7 Å². The predicted octanol–water partition coefficient (Wildman–Crippen LogP) is 5.07. The molecule has 0 radical (unpaired) electrons. The van der Waals surface area contributed by atoms with Crippen molar-refractivity contribution in [2.24, 2.45) is 0 Å². The Hall–Kier alpha value is -3.14. The highest BCUT2D eigenvalue weighted by atomic mass is 16.5. The molecule has 2 amide bonds. The van der Waals surface area contributed by atoms with E-state index >= 15 is 0 Å². The first-order valence-corrected chi connectivity index (χ1v) is 14.5. The first-order chi connectivity index (χ1) is 19.0. The highest BCUT2D eigenvalue weighted by Crippen LogP contribution is 2.22. The third-order valence-electron chi connectivity index (χ3n) is 7.29. The van der Waals surface area contributed by atoms with Gasteiger partial charge in [0, 0.05) is 32.3 Å². The first-order valence-electron chi connectivity index (χ1n) is 14.5. The third kappa shape index (κ3) is 9.84. The molecule has 0 aliphatic carbocycles. The van der Waals surface area contributed by atoms with E-state index in [1.54, 1.807) is 31.4 Å². The summed E-state index contributed by atoms with van der Waals surface area (Å²) in [6.07, 6.45) is 14.0. The van der Waals surface area contributed by atoms with Gasteiger partial charge in [-0.15, -0.1) is 5.10 Å². The van der Waals surface area contributed by atoms with Gasteiger partial charge in [0.25, 0.3) is 0 Å². The van der Waals surface area contributed by atoms with Crippen LogP contribution < -0.4 is 15.5 Å². The highest BCUT2D eigenvalue weighted by Gasteiger charge is 2.35. The van der Waals surface area contributed by atoms with Crippen LogP contribution in [0.2, 0.25) is 0 Å². The normalized spacial score (nSPS) is 16.8. The number of rotatable bonds is 17. The molecule has 2 atom stereocenters. The first kappa shape index (κ1) is 30.4. The van der Waals surface area contributed by atoms with Gasteiger partial charge < -0.3 is 25.0 Å². The van der Waals surface area contributed by atoms with E-state index in [0.717, 1.165) is 18.4 Å². The maximum absolute atomic E-state index is 12.5. The Morgan fingerprint density at radius 3 is 2.21 bits per heavy atom. The number of H-pyrrole nitrogens is 1. The van der Waals surface area contributed by atoms with Gasteiger partial charge in [0.1, 0.15) is 0 Å². The lowest BCUT2D eigenvalue weighted by Gasteiger charge is -2.18. The molecule has 1 aromatic heterocycles. The lowest BCUT2D eigenvalue weighted by Crippen LogP contribution is -2.48. The maximum atomic E-state index is 12.5. The monoisotopic (exact) mass is 542 g/mol. The van der Waals surface area contributed by atoms with Gasteiger partial charge in [-0.3, -0.25) is 5.10 Å². The number of aromatic nitrogens is 3. The van der Waals surface area contributed by atoms with Crippen LogP contribution >= 0.6 is 0 Å². The molecular weight excluding hydrogens is 496 g/mol. The summed E-state index contributed by atoms with van der Waals surface area (Å²) < 4.78 is 10.4. The minimum absolute atomic E-state index is 0.168. The number of aromatic amines is 1. The van der Waals surface area contributed by atoms with Gasteiger partial charge in [0.15, 0.2) is 5.82 Å². The number of anilines is 1. The molecule has 1 aromatic carbocycles. The fourth-order valence-electron chi connectivity index (χ4n) is 4.93. The van der Waals surface area contributed by atoms with Crippen molar-refractivity contribution >= 4 is 17.9 Å². The van der Waals surface area contributed by atoms with Crippen molar-refractivity contribution in [2.75, 3.05) is 38.8 Å². The number of nitrogens with zero attached hydrogens (tertiary/aromatic N) is 3. The molecule has 10 nitrogen and oxygen atoms in total. The molecule has 0 unspecified atom stereocenters. The number of urea groups is 1. The topological polar surface area (TPSA) is 121 Å². The summed E-state index contributed by atoms with van der Waals surface area (Å²) in [5.74, 6) is 0.745. The number of ether oxygens (including phenoxy) is 2. The zero-order valence-corrected chi connectivity index (χ0v) is 23.8. The number of nitrogens with one attached hydrogen (secondary N) is 3. The Bertz CT molecular complexity index is 996. The van der Waals surface area contributed by atoms with Crippen molar-refractivity contribution in [3.8, 4) is 11.4 Å². The van der Waals surface area contributed by atoms with Gasteiger partial charge in [0.05, 0.1) is 24.8 Å². The molecule has 0 bridgehead atoms. The lowest BCUT2D eigenvalue weighted by atomic mass is 10.1. The van der Waals surface area contributed by atoms with Gasteiger partial charge in [-0.1, -0.05) is 83.3 Å². The Labute approximate surface area is 232 Å². The van der Waals surface area contributed by atoms with E-state index < -0.39 is 0 Å². The number of esters is 1. The Balaban J connectivity index is 1.35. The average molecular weight is 543 g/mol. The van der Waals surface area contributed by atoms with Crippen LogP contribution in [0.25, 0.3) is 11.4 Å². The number of carbonyl (C=O) groups is 2. The zero-order valence-electron chi connectivity index (χ0n) is 23.8. The molecule has 10 heteroatoms. The van der Waals surface area contributed by atoms with E-state index in [0.29, 0.717) is 37.0 Å². The van der Waals surface area contributed by atoms with E-state index in [-0.39, 0.29) is 24.1 Å². The maximum Gasteiger partial charge on any atom is 0.337 e. The van der Waals surface area contributed by atoms with Crippen LogP contribution in [0, 0.1) is 0 Å². The Morgan fingerprint density at radius 1 is 0.949 bits per heavy atom. The van der Waals surface area contributed by atoms with Gasteiger partial charge in [-0.05, 0) is 18.6 Å². The molecule has 1 fully saturated rings. The lowest BCUT2D eigenvalue weighted by molar-refractivity contribution is 0.0600. The van der Waals surface area contributed by atoms with E-state index in [1.165, 1.54) is 64.9 Å². The zero-order chi connectivity index (χ0) is 27.9. The van der Waals surface area contributed by atoms with E-state index in [2.05, 4.69) is 32.7 Å². The van der Waals surface area contributed by atoms with Crippen molar-refractivity contribution < 1.29 is 19.1 Å². The summed E-state index contributed by atoms with van der Waals surface area (Å²) >= 11 is 0. The summed E-state index contributed by atoms with van der Waals surface area (Å²) in [7, 11) is 3.01. The molecule has 0 spiro atoms. The van der Waals surface area contributed by atoms with Gasteiger partial charge in [-0.2, -0.15) is 4.98 Å². The Kier molecular flexibility index (Phi) is 13.1. The number of benzene rings is 1. The van der Waals surface area contributed by atoms with Crippen LogP contribution in [-0.2, 0) is 9.47 Å². The minimum atomic E-state index is -0.385. The summed E-state index contributed by atoms with van der Waals surface area (Å²) in [6.45, 7) is 4.04. The molecule has 2 heterocycles. The number of hydrogen-bond acceptors (Lipinski definition) is 7. The van der Waals surface area contributed by atoms with E-state index in [9.17, 15) is 9.59 Å². The van der Waals surface area contributed by atoms with Crippen molar-refractivity contribution in [3.05, 3.63) is 29.8 Å². The predicted molar refractivity (Wildman–Crippen MR) is 153 cm³/mol. The Morgan fingerprint density at radius 2 is 1.59 bits per heavy atom. The molecule has 1 aliphatic heterocycles. The molecule has 1 aliphatic rings. The number of hydrogen-bond donors (Lipinski definition) is 3. The number of carbonyl (C=O) groups excluding carboxylic acids is 2. The molecule has 1 saturated heterocycles. The third-order valence-corrected chi connectivity index (χ3v) is 7.29. The smallest absolute Gasteiger partial charge is 0.337 e. The SMILES string of the molecule is CCCCCCCCCCCCCNC(=O)N[C@H]1CN(c2n[nH]c(-c3ccc(C(=O)OC)cc3)n2)C[C@@H]1OC. The second-order valence-corrected chi connectivity index (χ2v) is 10.3. The highest BCUT2D eigenvalue weighted by molar-refractivity contribution is 5.89. The van der Waals surface area contributed by atoms with Gasteiger partial charge in [-0.25, -0.2) is 9.59 Å². The molecule has 0 saturated carbocycles. The fourth-order valence-corrected chi connectivity index (χ4v) is 4.93. The van der Waals surface area contributed by atoms with Crippen LogP contribution in [0.15, 0.2) is 24.3 Å². The van der Waals surface area contributed by atoms with Crippen molar-refractivity contribution in [1.29, 1.82) is 0 Å². The summed E-state index contributed by atoms with van der Waals surface area (Å²) in [4.78, 5) is 30.8. The largest absolute Gasteiger partial charge is 0.465 e. The molecule has 3 rings (SSSR count). The quantitative estimate of drug-likeness (QED) is 0.188. The van der Waals surface area contributed by atoms with Crippen LogP contribution in [-0.4, -0.2) is 73.2 Å². The molecule has 216 valence electrons. The van der Waals surface area contributed by atoms with Crippen molar-refractivity contribution in [2.45, 2.75) is 89.7 Å². The second-order valence-electron chi connectivity index (χ2n) is 10.3. The average Bonchev–Trinajstić information content (AvgIpc) is 3.61. The summed E-state index contributed by atoms with van der Waals surface area (Å²) in [6, 6.07) is 6.63. The molecule has 39 heavy (non-hydrogen) atoms. The van der Waals surface area contributed by atoms with Crippen LogP contribution in [0.5, 0.6) is 0 Å². The number of methoxy groups -OCH3 is 2. The van der Waals surface area contributed by atoms with Crippen LogP contribution in [0.1, 0.15) is 87.9 Å². The number of unbranched alkanes of at least 4 members (excludes halogenated alkanes) is 10. The number of amides is 2. The standard InChI is InChI=1S/C29H46N6O4/c1-4-5-6-7-8-9-10-11-12-13-14-19-30-29(37)31-24-20-35(21-25(24)38-2)28-32-26(33-34-28)22-15-17-23(18-16-22)27(36)39-3/h15-18,24-25H,4-14,19-21H2,1-3H3,(H2,30,31,37)(H,32,33,34)/t24-,25-/m0/s1. The summed E-state index contributed by atoms with van der Waals surface area (Å²) in [5, 5.41) is 13.4. The van der Waals surface area contributed by atoms with Crippen molar-refractivity contribution in [3.63, 3.8) is 0 Å². The second kappa shape index (κ2) is 16.7. The summed E-state index contributed by atoms with van der Waals surface area (Å²) in [5.41, 5.74) is 1.28. The van der Waals surface area contributed by atoms with Gasteiger partial charge >= 0.3 is 12.0 Å². The van der Waals surface area contributed by atoms with E-state index in [1.807, 2.05) is 4.90 Å². The van der Waals surface area contributed by atoms with Gasteiger partial charge in [0.2, 0.25) is 5.95 Å².